The molecule has 0 bridgehead atoms. The maximum atomic E-state index is 12.0. The summed E-state index contributed by atoms with van der Waals surface area (Å²) >= 11 is 1.34. The number of hydrogen-bond acceptors (Lipinski definition) is 7. The van der Waals surface area contributed by atoms with Gasteiger partial charge in [-0.25, -0.2) is 0 Å². The standard InChI is InChI=1S/C14H25N3O7S/c1-8(4-5-18)25-7-10(13(22)16-6-12(20)21)17-11(19)3-2-9(15)14(23)24/h8-10,18H,2-7,15H2,1H3,(H,16,22)(H,17,19)(H,20,21)(H,23,24)/t8?,9-,10-/m0/s1. The van der Waals surface area contributed by atoms with Crippen LogP contribution < -0.4 is 16.4 Å². The van der Waals surface area contributed by atoms with Crippen LogP contribution in [0.5, 0.6) is 0 Å². The third-order valence-electron chi connectivity index (χ3n) is 3.15. The number of carboxylic acids is 2. The Morgan fingerprint density at radius 3 is 2.32 bits per heavy atom. The maximum Gasteiger partial charge on any atom is 0.322 e. The number of thioether (sulfide) groups is 1. The average molecular weight is 379 g/mol. The van der Waals surface area contributed by atoms with Crippen molar-refractivity contribution in [3.63, 3.8) is 0 Å². The summed E-state index contributed by atoms with van der Waals surface area (Å²) in [6, 6.07) is -2.15. The fourth-order valence-corrected chi connectivity index (χ4v) is 2.70. The fraction of sp³-hybridized carbons (Fsp3) is 0.714. The van der Waals surface area contributed by atoms with Gasteiger partial charge in [0.1, 0.15) is 18.6 Å². The van der Waals surface area contributed by atoms with Crippen molar-refractivity contribution in [1.82, 2.24) is 10.6 Å². The van der Waals surface area contributed by atoms with Gasteiger partial charge in [0, 0.05) is 24.0 Å². The number of aliphatic hydroxyl groups is 1. The Bertz CT molecular complexity index is 475. The van der Waals surface area contributed by atoms with Crippen molar-refractivity contribution in [2.24, 2.45) is 5.73 Å². The molecule has 11 heteroatoms. The van der Waals surface area contributed by atoms with Gasteiger partial charge in [0.2, 0.25) is 11.8 Å². The number of aliphatic hydroxyl groups excluding tert-OH is 1. The van der Waals surface area contributed by atoms with Gasteiger partial charge in [0.25, 0.3) is 0 Å². The molecular weight excluding hydrogens is 354 g/mol. The van der Waals surface area contributed by atoms with Gasteiger partial charge in [0.15, 0.2) is 0 Å². The zero-order chi connectivity index (χ0) is 19.4. The van der Waals surface area contributed by atoms with Crippen LogP contribution in [0, 0.1) is 0 Å². The number of nitrogens with two attached hydrogens (primary N) is 1. The second-order valence-corrected chi connectivity index (χ2v) is 6.84. The van der Waals surface area contributed by atoms with Crippen LogP contribution in [-0.4, -0.2) is 75.3 Å². The zero-order valence-corrected chi connectivity index (χ0v) is 14.8. The van der Waals surface area contributed by atoms with Gasteiger partial charge in [-0.1, -0.05) is 6.92 Å². The van der Waals surface area contributed by atoms with E-state index in [0.717, 1.165) is 0 Å². The monoisotopic (exact) mass is 379 g/mol. The largest absolute Gasteiger partial charge is 0.480 e. The van der Waals surface area contributed by atoms with Crippen LogP contribution in [0.3, 0.4) is 0 Å². The van der Waals surface area contributed by atoms with Crippen molar-refractivity contribution >= 4 is 35.5 Å². The summed E-state index contributed by atoms with van der Waals surface area (Å²) in [5.74, 6) is -3.46. The number of carbonyl (C=O) groups excluding carboxylic acids is 2. The van der Waals surface area contributed by atoms with E-state index in [2.05, 4.69) is 10.6 Å². The van der Waals surface area contributed by atoms with Crippen molar-refractivity contribution in [3.05, 3.63) is 0 Å². The number of hydrogen-bond donors (Lipinski definition) is 6. The van der Waals surface area contributed by atoms with Gasteiger partial charge in [-0.15, -0.1) is 0 Å². The Morgan fingerprint density at radius 1 is 1.16 bits per heavy atom. The summed E-state index contributed by atoms with van der Waals surface area (Å²) < 4.78 is 0. The van der Waals surface area contributed by atoms with Crippen LogP contribution in [0.25, 0.3) is 0 Å². The Morgan fingerprint density at radius 2 is 1.80 bits per heavy atom. The number of aliphatic carboxylic acids is 2. The van der Waals surface area contributed by atoms with Crippen LogP contribution in [0.1, 0.15) is 26.2 Å². The summed E-state index contributed by atoms with van der Waals surface area (Å²) in [5, 5.41) is 30.9. The van der Waals surface area contributed by atoms with E-state index in [1.54, 1.807) is 0 Å². The van der Waals surface area contributed by atoms with E-state index in [1.165, 1.54) is 11.8 Å². The lowest BCUT2D eigenvalue weighted by atomic mass is 10.1. The second-order valence-electron chi connectivity index (χ2n) is 5.37. The Hall–Kier alpha value is -1.85. The third kappa shape index (κ3) is 11.3. The molecule has 7 N–H and O–H groups in total. The second kappa shape index (κ2) is 12.5. The minimum atomic E-state index is -1.23. The first-order chi connectivity index (χ1) is 11.7. The van der Waals surface area contributed by atoms with Crippen molar-refractivity contribution < 1.29 is 34.5 Å². The quantitative estimate of drug-likeness (QED) is 0.219. The highest BCUT2D eigenvalue weighted by Crippen LogP contribution is 2.15. The first kappa shape index (κ1) is 23.1. The molecule has 0 heterocycles. The molecule has 0 rings (SSSR count). The predicted molar refractivity (Wildman–Crippen MR) is 91.0 cm³/mol. The number of nitrogens with one attached hydrogen (secondary N) is 2. The van der Waals surface area contributed by atoms with Crippen molar-refractivity contribution in [1.29, 1.82) is 0 Å². The minimum absolute atomic E-state index is 0.0104. The lowest BCUT2D eigenvalue weighted by Gasteiger charge is -2.20. The molecule has 0 aromatic heterocycles. The van der Waals surface area contributed by atoms with Gasteiger partial charge in [0.05, 0.1) is 0 Å². The zero-order valence-electron chi connectivity index (χ0n) is 13.9. The summed E-state index contributed by atoms with van der Waals surface area (Å²) in [6.45, 7) is 1.26. The predicted octanol–water partition coefficient (Wildman–Crippen LogP) is -1.63. The molecule has 0 spiro atoms. The van der Waals surface area contributed by atoms with E-state index in [1.807, 2.05) is 6.92 Å². The van der Waals surface area contributed by atoms with E-state index in [-0.39, 0.29) is 30.5 Å². The molecule has 144 valence electrons. The Kier molecular flexibility index (Phi) is 11.6. The van der Waals surface area contributed by atoms with Crippen LogP contribution in [0.2, 0.25) is 0 Å². The summed E-state index contributed by atoms with van der Waals surface area (Å²) in [6.07, 6.45) is 0.251. The highest BCUT2D eigenvalue weighted by Gasteiger charge is 2.23. The third-order valence-corrected chi connectivity index (χ3v) is 4.48. The first-order valence-corrected chi connectivity index (χ1v) is 8.72. The van der Waals surface area contributed by atoms with E-state index in [9.17, 15) is 19.2 Å². The van der Waals surface area contributed by atoms with Crippen LogP contribution in [0.4, 0.5) is 0 Å². The molecule has 0 aliphatic rings. The molecule has 25 heavy (non-hydrogen) atoms. The van der Waals surface area contributed by atoms with E-state index in [0.29, 0.717) is 6.42 Å². The van der Waals surface area contributed by atoms with Gasteiger partial charge in [-0.3, -0.25) is 19.2 Å². The fourth-order valence-electron chi connectivity index (χ4n) is 1.67. The molecule has 0 radical (unpaired) electrons. The minimum Gasteiger partial charge on any atom is -0.480 e. The van der Waals surface area contributed by atoms with E-state index in [4.69, 9.17) is 21.1 Å². The van der Waals surface area contributed by atoms with Gasteiger partial charge >= 0.3 is 11.9 Å². The summed E-state index contributed by atoms with van der Waals surface area (Å²) in [4.78, 5) is 45.1. The molecule has 1 unspecified atom stereocenters. The normalized spacial score (nSPS) is 14.2. The van der Waals surface area contributed by atoms with Crippen molar-refractivity contribution in [3.8, 4) is 0 Å². The van der Waals surface area contributed by atoms with Crippen LogP contribution >= 0.6 is 11.8 Å². The van der Waals surface area contributed by atoms with Gasteiger partial charge < -0.3 is 31.7 Å². The molecule has 0 saturated heterocycles. The van der Waals surface area contributed by atoms with E-state index >= 15 is 0 Å². The van der Waals surface area contributed by atoms with Crippen LogP contribution in [0.15, 0.2) is 0 Å². The molecule has 0 fully saturated rings. The smallest absolute Gasteiger partial charge is 0.322 e. The molecule has 3 atom stereocenters. The number of carbonyl (C=O) groups is 4. The van der Waals surface area contributed by atoms with Gasteiger partial charge in [-0.05, 0) is 12.8 Å². The van der Waals surface area contributed by atoms with Crippen molar-refractivity contribution in [2.45, 2.75) is 43.5 Å². The Labute approximate surface area is 149 Å². The van der Waals surface area contributed by atoms with Crippen LogP contribution in [-0.2, 0) is 19.2 Å². The SMILES string of the molecule is CC(CCO)SC[C@H](NC(=O)CC[C@H](N)C(=O)O)C(=O)NCC(=O)O. The highest BCUT2D eigenvalue weighted by atomic mass is 32.2. The van der Waals surface area contributed by atoms with Crippen molar-refractivity contribution in [2.75, 3.05) is 18.9 Å². The topological polar surface area (TPSA) is 179 Å². The molecule has 0 aliphatic heterocycles. The lowest BCUT2D eigenvalue weighted by molar-refractivity contribution is -0.139. The molecule has 10 nitrogen and oxygen atoms in total. The molecule has 0 aromatic carbocycles. The molecular formula is C14H25N3O7S. The van der Waals surface area contributed by atoms with Gasteiger partial charge in [-0.2, -0.15) is 11.8 Å². The van der Waals surface area contributed by atoms with E-state index < -0.39 is 42.4 Å². The number of rotatable bonds is 13. The number of amides is 2. The lowest BCUT2D eigenvalue weighted by Crippen LogP contribution is -2.49. The maximum absolute atomic E-state index is 12.0. The highest BCUT2D eigenvalue weighted by molar-refractivity contribution is 7.99. The Balaban J connectivity index is 4.64. The number of carboxylic acid groups (broad SMARTS) is 2. The summed E-state index contributed by atoms with van der Waals surface area (Å²) in [5.41, 5.74) is 5.32. The molecule has 0 saturated carbocycles. The summed E-state index contributed by atoms with van der Waals surface area (Å²) in [7, 11) is 0. The molecule has 0 aliphatic carbocycles. The molecule has 2 amide bonds. The molecule has 0 aromatic rings. The first-order valence-electron chi connectivity index (χ1n) is 7.67. The average Bonchev–Trinajstić information content (AvgIpc) is 2.54.